The maximum absolute atomic E-state index is 2.55. The standard InChI is InChI=1S/C32H40.C7H7.Zr/c1-15-17(3)23(9)31-27(19(5)25(11)29(31)21(15)7)13-14-28-20(6)26(12)30-22(8)16(2)18(4)24(10)32(28)30;1-7-5-3-2-4-6-7;/h13-14H2,1-12H3;2-6H,1H2;. The van der Waals surface area contributed by atoms with Gasteiger partial charge in [-0.15, -0.1) is 0 Å². The Morgan fingerprint density at radius 1 is 0.500 bits per heavy atom. The molecule has 0 nitrogen and oxygen atoms in total. The van der Waals surface area contributed by atoms with Gasteiger partial charge in [0, 0.05) is 0 Å². The normalized spacial score (nSPS) is 23.4. The van der Waals surface area contributed by atoms with Crippen molar-refractivity contribution in [2.24, 2.45) is 0 Å². The van der Waals surface area contributed by atoms with Crippen molar-refractivity contribution in [2.45, 2.75) is 106 Å². The van der Waals surface area contributed by atoms with Crippen LogP contribution in [-0.4, -0.2) is 0 Å². The number of benzene rings is 3. The van der Waals surface area contributed by atoms with Crippen LogP contribution in [0.15, 0.2) is 41.5 Å². The maximum atomic E-state index is 2.55. The van der Waals surface area contributed by atoms with Gasteiger partial charge in [-0.3, -0.25) is 0 Å². The average molecular weight is 607 g/mol. The third-order valence-electron chi connectivity index (χ3n) is 12.5. The van der Waals surface area contributed by atoms with E-state index in [4.69, 9.17) is 0 Å². The molecule has 40 heavy (non-hydrogen) atoms. The van der Waals surface area contributed by atoms with E-state index in [0.717, 1.165) is 0 Å². The Labute approximate surface area is 251 Å². The summed E-state index contributed by atoms with van der Waals surface area (Å²) in [6, 6.07) is 11.6. The second kappa shape index (κ2) is 9.26. The van der Waals surface area contributed by atoms with Crippen molar-refractivity contribution in [1.29, 1.82) is 0 Å². The van der Waals surface area contributed by atoms with Crippen LogP contribution in [0.25, 0.3) is 11.1 Å². The molecule has 0 bridgehead atoms. The fourth-order valence-electron chi connectivity index (χ4n) is 9.54. The first kappa shape index (κ1) is 28.2. The molecule has 1 heterocycles. The molecule has 207 valence electrons. The Morgan fingerprint density at radius 2 is 0.875 bits per heavy atom. The molecule has 3 aromatic rings. The SMILES string of the molecule is CC1=C(C)[C]2(CC[C]3(C(C)=C(C)c4c(C)c(C)c(C)c(C)c43)[Zr]2[CH2]c2ccccc2)c2c(C)c(C)c(C)c(C)c21. The Hall–Kier alpha value is -1.98. The number of fused-ring (bicyclic) bond motifs is 4. The van der Waals surface area contributed by atoms with Crippen LogP contribution < -0.4 is 0 Å². The van der Waals surface area contributed by atoms with Crippen LogP contribution in [0, 0.1) is 55.4 Å². The van der Waals surface area contributed by atoms with E-state index in [0.29, 0.717) is 0 Å². The third-order valence-corrected chi connectivity index (χ3v) is 23.8. The van der Waals surface area contributed by atoms with Crippen molar-refractivity contribution in [3.05, 3.63) is 114 Å². The van der Waals surface area contributed by atoms with Crippen LogP contribution in [0.4, 0.5) is 0 Å². The first-order valence-electron chi connectivity index (χ1n) is 15.3. The van der Waals surface area contributed by atoms with Crippen molar-refractivity contribution in [2.75, 3.05) is 0 Å². The molecular weight excluding hydrogens is 560 g/mol. The number of rotatable bonds is 2. The summed E-state index contributed by atoms with van der Waals surface area (Å²) in [5.74, 6) is 0. The molecule has 1 heteroatoms. The molecule has 1 aliphatic heterocycles. The van der Waals surface area contributed by atoms with Crippen LogP contribution in [0.3, 0.4) is 0 Å². The monoisotopic (exact) mass is 605 g/mol. The van der Waals surface area contributed by atoms with Crippen molar-refractivity contribution in [3.63, 3.8) is 0 Å². The number of allylic oxidation sites excluding steroid dienone is 4. The minimum absolute atomic E-state index is 0.243. The predicted molar refractivity (Wildman–Crippen MR) is 170 cm³/mol. The van der Waals surface area contributed by atoms with Gasteiger partial charge in [-0.05, 0) is 0 Å². The van der Waals surface area contributed by atoms with E-state index in [1.54, 1.807) is 61.2 Å². The molecule has 2 spiro atoms. The summed E-state index contributed by atoms with van der Waals surface area (Å²) in [5, 5.41) is 0. The van der Waals surface area contributed by atoms with Crippen LogP contribution in [0.2, 0.25) is 0 Å². The van der Waals surface area contributed by atoms with E-state index in [9.17, 15) is 0 Å². The molecular formula is C39H47Zr. The molecule has 1 saturated heterocycles. The Morgan fingerprint density at radius 3 is 1.27 bits per heavy atom. The number of hydrogen-bond acceptors (Lipinski definition) is 0. The molecule has 2 atom stereocenters. The van der Waals surface area contributed by atoms with Crippen molar-refractivity contribution in [3.8, 4) is 0 Å². The van der Waals surface area contributed by atoms with E-state index in [2.05, 4.69) is 113 Å². The van der Waals surface area contributed by atoms with E-state index in [1.165, 1.54) is 50.4 Å². The first-order valence-corrected chi connectivity index (χ1v) is 19.5. The third kappa shape index (κ3) is 3.23. The molecule has 0 amide bonds. The van der Waals surface area contributed by atoms with E-state index >= 15 is 0 Å². The summed E-state index contributed by atoms with van der Waals surface area (Å²) in [6.07, 6.45) is 2.62. The molecule has 0 saturated carbocycles. The van der Waals surface area contributed by atoms with Gasteiger partial charge in [0.05, 0.1) is 0 Å². The van der Waals surface area contributed by atoms with Crippen molar-refractivity contribution in [1.82, 2.24) is 0 Å². The zero-order valence-electron chi connectivity index (χ0n) is 27.0. The molecule has 1 fully saturated rings. The van der Waals surface area contributed by atoms with Gasteiger partial charge < -0.3 is 0 Å². The van der Waals surface area contributed by atoms with Gasteiger partial charge in [-0.2, -0.15) is 0 Å². The van der Waals surface area contributed by atoms with E-state index < -0.39 is 21.8 Å². The van der Waals surface area contributed by atoms with Crippen LogP contribution in [0.5, 0.6) is 0 Å². The van der Waals surface area contributed by atoms with Gasteiger partial charge >= 0.3 is 253 Å². The van der Waals surface area contributed by atoms with Gasteiger partial charge in [0.25, 0.3) is 0 Å². The van der Waals surface area contributed by atoms with Gasteiger partial charge in [-0.1, -0.05) is 0 Å². The topological polar surface area (TPSA) is 0 Å². The molecule has 0 N–H and O–H groups in total. The Kier molecular flexibility index (Phi) is 6.52. The first-order chi connectivity index (χ1) is 18.8. The van der Waals surface area contributed by atoms with Crippen molar-refractivity contribution < 1.29 is 21.8 Å². The Bertz CT molecular complexity index is 1570. The van der Waals surface area contributed by atoms with Gasteiger partial charge in [-0.25, -0.2) is 0 Å². The van der Waals surface area contributed by atoms with Gasteiger partial charge in [0.1, 0.15) is 0 Å². The van der Waals surface area contributed by atoms with Crippen LogP contribution >= 0.6 is 0 Å². The van der Waals surface area contributed by atoms with Crippen LogP contribution in [-0.2, 0) is 32.1 Å². The fraction of sp³-hybridized carbons (Fsp3) is 0.436. The summed E-state index contributed by atoms with van der Waals surface area (Å²) in [7, 11) is 0. The number of hydrogen-bond donors (Lipinski definition) is 0. The molecule has 0 radical (unpaired) electrons. The minimum atomic E-state index is -2.51. The molecule has 2 aliphatic carbocycles. The summed E-state index contributed by atoms with van der Waals surface area (Å²) in [6.45, 7) is 29.2. The quantitative estimate of drug-likeness (QED) is 0.272. The zero-order chi connectivity index (χ0) is 29.0. The van der Waals surface area contributed by atoms with E-state index in [-0.39, 0.29) is 6.25 Å². The molecule has 6 rings (SSSR count). The molecule has 3 aromatic carbocycles. The van der Waals surface area contributed by atoms with Gasteiger partial charge in [0.2, 0.25) is 0 Å². The second-order valence-corrected chi connectivity index (χ2v) is 20.9. The van der Waals surface area contributed by atoms with E-state index in [1.807, 2.05) is 0 Å². The fourth-order valence-corrected chi connectivity index (χ4v) is 22.7. The molecule has 3 aliphatic rings. The summed E-state index contributed by atoms with van der Waals surface area (Å²) >= 11 is -2.51. The predicted octanol–water partition coefficient (Wildman–Crippen LogP) is 10.5. The summed E-state index contributed by atoms with van der Waals surface area (Å²) in [4.78, 5) is 0. The molecule has 2 unspecified atom stereocenters. The average Bonchev–Trinajstić information content (AvgIpc) is 3.48. The zero-order valence-corrected chi connectivity index (χ0v) is 29.5. The second-order valence-electron chi connectivity index (χ2n) is 13.5. The molecule has 0 aromatic heterocycles. The van der Waals surface area contributed by atoms with Crippen molar-refractivity contribution >= 4 is 11.1 Å². The summed E-state index contributed by atoms with van der Waals surface area (Å²) < 4.78 is 1.79. The Balaban J connectivity index is 1.75. The van der Waals surface area contributed by atoms with Crippen LogP contribution in [0.1, 0.15) is 113 Å². The van der Waals surface area contributed by atoms with Gasteiger partial charge in [0.15, 0.2) is 0 Å². The summed E-state index contributed by atoms with van der Waals surface area (Å²) in [5.41, 5.74) is 27.2.